The minimum atomic E-state index is -4.54. The first-order chi connectivity index (χ1) is 22.9. The molecule has 5 rings (SSSR count). The molecule has 0 fully saturated rings. The maximum absolute atomic E-state index is 11.5. The van der Waals surface area contributed by atoms with Crippen molar-refractivity contribution in [3.63, 3.8) is 0 Å². The third-order valence-corrected chi connectivity index (χ3v) is 9.93. The molecule has 0 saturated heterocycles. The second kappa shape index (κ2) is 16.4. The SMILES string of the molecule is CCN(Cc1cccc(S(=O)(=O)[O-])c1)c1ccc(C(=C2C=CC(=[N+](CC)Cc3cccc(S(=O)(=O)[O-])c3)C=C2)c2ccc(C)cc2)cc1.[Na+]. The number of allylic oxidation sites excluding steroid dienone is 5. The van der Waals surface area contributed by atoms with Crippen LogP contribution in [0.3, 0.4) is 0 Å². The molecule has 1 aliphatic rings. The number of aryl methyl sites for hydroxylation is 1. The molecule has 0 spiro atoms. The van der Waals surface area contributed by atoms with Crippen LogP contribution in [-0.2, 0) is 33.3 Å². The van der Waals surface area contributed by atoms with E-state index in [1.807, 2.05) is 50.3 Å². The van der Waals surface area contributed by atoms with E-state index in [4.69, 9.17) is 0 Å². The van der Waals surface area contributed by atoms with E-state index in [-0.39, 0.29) is 39.3 Å². The Balaban J connectivity index is 0.00000541. The largest absolute Gasteiger partial charge is 1.00 e. The molecule has 0 aliphatic heterocycles. The van der Waals surface area contributed by atoms with Gasteiger partial charge in [-0.05, 0) is 97.2 Å². The second-order valence-electron chi connectivity index (χ2n) is 11.6. The number of anilines is 1. The van der Waals surface area contributed by atoms with E-state index >= 15 is 0 Å². The van der Waals surface area contributed by atoms with Crippen LogP contribution in [0.1, 0.15) is 41.7 Å². The van der Waals surface area contributed by atoms with E-state index < -0.39 is 20.2 Å². The van der Waals surface area contributed by atoms with Gasteiger partial charge in [-0.3, -0.25) is 0 Å². The Labute approximate surface area is 311 Å². The fraction of sp³-hybridized carbons (Fsp3) is 0.184. The fourth-order valence-electron chi connectivity index (χ4n) is 5.71. The zero-order valence-electron chi connectivity index (χ0n) is 28.0. The van der Waals surface area contributed by atoms with Crippen molar-refractivity contribution in [2.24, 2.45) is 0 Å². The summed E-state index contributed by atoms with van der Waals surface area (Å²) in [5.41, 5.74) is 8.70. The van der Waals surface area contributed by atoms with Gasteiger partial charge in [0, 0.05) is 36.5 Å². The number of benzene rings is 4. The second-order valence-corrected chi connectivity index (χ2v) is 14.3. The Bertz CT molecular complexity index is 2140. The molecular weight excluding hydrogens is 668 g/mol. The van der Waals surface area contributed by atoms with Crippen LogP contribution in [0.5, 0.6) is 0 Å². The topological polar surface area (TPSA) is 121 Å². The van der Waals surface area contributed by atoms with Gasteiger partial charge in [0.1, 0.15) is 26.8 Å². The van der Waals surface area contributed by atoms with Gasteiger partial charge in [0.15, 0.2) is 12.3 Å². The standard InChI is InChI=1S/C38H38N2O6S2.Na/c1-4-39(26-29-8-6-10-36(24-29)47(41,42)43)34-20-16-32(17-21-34)38(31-14-12-28(3)13-15-31)33-18-22-35(23-19-33)40(5-2)27-30-9-7-11-37(25-30)48(44,45)46;/h6-25H,4-5,26-27H2,1-3H3,(H-,41,42,43,44,45,46);/q;+1/p-1. The van der Waals surface area contributed by atoms with Crippen molar-refractivity contribution in [2.45, 2.75) is 43.7 Å². The number of rotatable bonds is 11. The molecule has 4 aromatic carbocycles. The Morgan fingerprint density at radius 2 is 1.20 bits per heavy atom. The van der Waals surface area contributed by atoms with Crippen LogP contribution < -0.4 is 34.5 Å². The van der Waals surface area contributed by atoms with Gasteiger partial charge in [-0.2, -0.15) is 0 Å². The summed E-state index contributed by atoms with van der Waals surface area (Å²) < 4.78 is 71.4. The summed E-state index contributed by atoms with van der Waals surface area (Å²) in [5, 5.41) is 0. The molecule has 4 aromatic rings. The summed E-state index contributed by atoms with van der Waals surface area (Å²) in [6.07, 6.45) is 8.25. The van der Waals surface area contributed by atoms with Gasteiger partial charge >= 0.3 is 29.6 Å². The van der Waals surface area contributed by atoms with Crippen LogP contribution >= 0.6 is 0 Å². The molecule has 0 atom stereocenters. The van der Waals surface area contributed by atoms with Gasteiger partial charge < -0.3 is 14.0 Å². The van der Waals surface area contributed by atoms with E-state index in [0.717, 1.165) is 50.4 Å². The molecule has 0 N–H and O–H groups in total. The molecule has 11 heteroatoms. The predicted octanol–water partition coefficient (Wildman–Crippen LogP) is 3.44. The summed E-state index contributed by atoms with van der Waals surface area (Å²) >= 11 is 0. The minimum Gasteiger partial charge on any atom is -0.744 e. The summed E-state index contributed by atoms with van der Waals surface area (Å²) in [4.78, 5) is 1.64. The Kier molecular flexibility index (Phi) is 12.8. The monoisotopic (exact) mass is 704 g/mol. The van der Waals surface area contributed by atoms with Gasteiger partial charge in [-0.1, -0.05) is 66.2 Å². The van der Waals surface area contributed by atoms with Crippen molar-refractivity contribution >= 4 is 37.2 Å². The Morgan fingerprint density at radius 1 is 0.694 bits per heavy atom. The first kappa shape index (κ1) is 38.2. The van der Waals surface area contributed by atoms with Crippen LogP contribution in [0.25, 0.3) is 5.57 Å². The van der Waals surface area contributed by atoms with Crippen LogP contribution in [0.4, 0.5) is 5.69 Å². The molecule has 0 heterocycles. The third-order valence-electron chi connectivity index (χ3n) is 8.27. The van der Waals surface area contributed by atoms with Gasteiger partial charge in [0.25, 0.3) is 0 Å². The first-order valence-corrected chi connectivity index (χ1v) is 18.4. The molecule has 49 heavy (non-hydrogen) atoms. The van der Waals surface area contributed by atoms with E-state index in [9.17, 15) is 25.9 Å². The van der Waals surface area contributed by atoms with E-state index in [1.54, 1.807) is 12.1 Å². The van der Waals surface area contributed by atoms with Crippen LogP contribution in [0.2, 0.25) is 0 Å². The van der Waals surface area contributed by atoms with Crippen LogP contribution in [0, 0.1) is 6.92 Å². The summed E-state index contributed by atoms with van der Waals surface area (Å²) in [7, 11) is -9.08. The average Bonchev–Trinajstić information content (AvgIpc) is 3.07. The molecule has 0 aromatic heterocycles. The van der Waals surface area contributed by atoms with Crippen molar-refractivity contribution in [3.05, 3.63) is 155 Å². The molecule has 0 amide bonds. The van der Waals surface area contributed by atoms with Crippen LogP contribution in [0.15, 0.2) is 137 Å². The van der Waals surface area contributed by atoms with E-state index in [0.29, 0.717) is 26.2 Å². The van der Waals surface area contributed by atoms with Crippen molar-refractivity contribution in [1.29, 1.82) is 0 Å². The van der Waals surface area contributed by atoms with Gasteiger partial charge in [-0.15, -0.1) is 0 Å². The molecule has 8 nitrogen and oxygen atoms in total. The zero-order valence-corrected chi connectivity index (χ0v) is 31.7. The first-order valence-electron chi connectivity index (χ1n) is 15.6. The molecule has 248 valence electrons. The van der Waals surface area contributed by atoms with Gasteiger partial charge in [0.2, 0.25) is 0 Å². The quantitative estimate of drug-likeness (QED) is 0.133. The van der Waals surface area contributed by atoms with Crippen molar-refractivity contribution in [3.8, 4) is 0 Å². The number of nitrogens with zero attached hydrogens (tertiary/aromatic N) is 2. The molecule has 0 saturated carbocycles. The predicted molar refractivity (Wildman–Crippen MR) is 187 cm³/mol. The zero-order chi connectivity index (χ0) is 34.5. The maximum atomic E-state index is 11.5. The minimum absolute atomic E-state index is 0. The van der Waals surface area contributed by atoms with Gasteiger partial charge in [0.05, 0.1) is 9.79 Å². The van der Waals surface area contributed by atoms with Gasteiger partial charge in [-0.25, -0.2) is 21.4 Å². The Hall–Kier alpha value is -3.61. The third kappa shape index (κ3) is 9.76. The smallest absolute Gasteiger partial charge is 0.744 e. The fourth-order valence-corrected chi connectivity index (χ4v) is 6.79. The molecule has 0 bridgehead atoms. The molecule has 0 radical (unpaired) electrons. The molecule has 0 unspecified atom stereocenters. The van der Waals surface area contributed by atoms with Crippen molar-refractivity contribution in [2.75, 3.05) is 18.0 Å². The molecular formula is C38H37N2NaO6S2. The maximum Gasteiger partial charge on any atom is 1.00 e. The van der Waals surface area contributed by atoms with E-state index in [1.165, 1.54) is 24.3 Å². The summed E-state index contributed by atoms with van der Waals surface area (Å²) in [6.45, 7) is 8.34. The Morgan fingerprint density at radius 3 is 1.71 bits per heavy atom. The van der Waals surface area contributed by atoms with Crippen LogP contribution in [-0.4, -0.2) is 49.3 Å². The van der Waals surface area contributed by atoms with Crippen molar-refractivity contribution < 1.29 is 60.1 Å². The summed E-state index contributed by atoms with van der Waals surface area (Å²) in [6, 6.07) is 28.9. The summed E-state index contributed by atoms with van der Waals surface area (Å²) in [5.74, 6) is 0. The average molecular weight is 705 g/mol. The number of hydrogen-bond acceptors (Lipinski definition) is 7. The normalized spacial score (nSPS) is 12.8. The number of hydrogen-bond donors (Lipinski definition) is 0. The van der Waals surface area contributed by atoms with Crippen molar-refractivity contribution in [1.82, 2.24) is 0 Å². The van der Waals surface area contributed by atoms with E-state index in [2.05, 4.69) is 64.9 Å². The molecule has 1 aliphatic carbocycles.